The molecule has 0 radical (unpaired) electrons. The summed E-state index contributed by atoms with van der Waals surface area (Å²) in [6.45, 7) is 0. The first kappa shape index (κ1) is 6.55. The Bertz CT molecular complexity index is 162. The monoisotopic (exact) mass is 190 g/mol. The Balaban J connectivity index is 2.00. The third-order valence-electron chi connectivity index (χ3n) is 3.25. The van der Waals surface area contributed by atoms with Crippen LogP contribution in [0.5, 0.6) is 0 Å². The first-order valence-electron chi connectivity index (χ1n) is 3.80. The van der Waals surface area contributed by atoms with E-state index in [1.54, 1.807) is 0 Å². The lowest BCUT2D eigenvalue weighted by Gasteiger charge is -2.47. The summed E-state index contributed by atoms with van der Waals surface area (Å²) >= 11 is 11.4. The molecule has 0 aromatic rings. The van der Waals surface area contributed by atoms with Gasteiger partial charge in [0.05, 0.1) is 0 Å². The molecule has 56 valence electrons. The van der Waals surface area contributed by atoms with Crippen molar-refractivity contribution >= 4 is 37.0 Å². The highest BCUT2D eigenvalue weighted by Gasteiger charge is 2.63. The topological polar surface area (TPSA) is 0 Å². The van der Waals surface area contributed by atoms with E-state index < -0.39 is 0 Å². The van der Waals surface area contributed by atoms with E-state index >= 15 is 0 Å². The maximum atomic E-state index is 4.62. The van der Waals surface area contributed by atoms with Gasteiger partial charge in [-0.25, -0.2) is 0 Å². The Morgan fingerprint density at radius 3 is 1.90 bits per heavy atom. The van der Waals surface area contributed by atoms with Gasteiger partial charge in [-0.1, -0.05) is 0 Å². The van der Waals surface area contributed by atoms with Crippen molar-refractivity contribution in [1.82, 2.24) is 0 Å². The fraction of sp³-hybridized carbons (Fsp3) is 1.00. The fourth-order valence-electron chi connectivity index (χ4n) is 2.70. The standard InChI is InChI=1S/C7H10S3/c8-4-2-1-3-6(4)10-7(3)5(2)9/h2-9H,1H2. The number of thioether (sulfide) groups is 1. The van der Waals surface area contributed by atoms with Crippen molar-refractivity contribution < 1.29 is 0 Å². The fourth-order valence-corrected chi connectivity index (χ4v) is 6.09. The van der Waals surface area contributed by atoms with Crippen molar-refractivity contribution in [1.29, 1.82) is 0 Å². The van der Waals surface area contributed by atoms with Crippen LogP contribution >= 0.6 is 37.0 Å². The molecule has 0 aromatic carbocycles. The van der Waals surface area contributed by atoms with Gasteiger partial charge in [0.2, 0.25) is 0 Å². The molecule has 0 amide bonds. The SMILES string of the molecule is SC1C2CC3C1SC3C2S. The molecule has 4 atom stereocenters. The Kier molecular flexibility index (Phi) is 1.22. The molecular formula is C7H10S3. The number of hydrogen-bond donors (Lipinski definition) is 2. The van der Waals surface area contributed by atoms with Gasteiger partial charge in [-0.3, -0.25) is 0 Å². The first-order valence-corrected chi connectivity index (χ1v) is 5.78. The van der Waals surface area contributed by atoms with Gasteiger partial charge in [0.25, 0.3) is 0 Å². The minimum absolute atomic E-state index is 0.669. The van der Waals surface area contributed by atoms with Crippen molar-refractivity contribution in [3.63, 3.8) is 0 Å². The lowest BCUT2D eigenvalue weighted by molar-refractivity contribution is 0.488. The summed E-state index contributed by atoms with van der Waals surface area (Å²) in [6.07, 6.45) is 1.42. The number of rotatable bonds is 0. The molecule has 3 fully saturated rings. The van der Waals surface area contributed by atoms with Crippen molar-refractivity contribution in [2.24, 2.45) is 11.8 Å². The third kappa shape index (κ3) is 0.537. The van der Waals surface area contributed by atoms with Gasteiger partial charge < -0.3 is 0 Å². The zero-order valence-corrected chi connectivity index (χ0v) is 8.08. The number of thiol groups is 2. The van der Waals surface area contributed by atoms with Crippen LogP contribution in [-0.4, -0.2) is 21.0 Å². The highest BCUT2D eigenvalue weighted by molar-refractivity contribution is 8.03. The van der Waals surface area contributed by atoms with Gasteiger partial charge in [0.15, 0.2) is 0 Å². The Morgan fingerprint density at radius 1 is 1.00 bits per heavy atom. The third-order valence-corrected chi connectivity index (χ3v) is 6.98. The van der Waals surface area contributed by atoms with Crippen LogP contribution < -0.4 is 0 Å². The van der Waals surface area contributed by atoms with Gasteiger partial charge in [0.1, 0.15) is 0 Å². The van der Waals surface area contributed by atoms with Crippen molar-refractivity contribution in [2.45, 2.75) is 27.4 Å². The molecule has 2 saturated carbocycles. The van der Waals surface area contributed by atoms with Gasteiger partial charge in [-0.2, -0.15) is 37.0 Å². The Morgan fingerprint density at radius 2 is 1.60 bits per heavy atom. The van der Waals surface area contributed by atoms with Crippen LogP contribution in [0, 0.1) is 11.8 Å². The van der Waals surface area contributed by atoms with Crippen LogP contribution in [0.1, 0.15) is 6.42 Å². The minimum Gasteiger partial charge on any atom is -0.174 e. The zero-order chi connectivity index (χ0) is 6.88. The van der Waals surface area contributed by atoms with Crippen LogP contribution in [0.2, 0.25) is 0 Å². The maximum Gasteiger partial charge on any atom is 0.0209 e. The highest BCUT2D eigenvalue weighted by atomic mass is 32.2. The van der Waals surface area contributed by atoms with E-state index in [-0.39, 0.29) is 0 Å². The summed E-state index contributed by atoms with van der Waals surface area (Å²) in [5.74, 6) is 1.84. The molecule has 2 aliphatic carbocycles. The molecule has 10 heavy (non-hydrogen) atoms. The average Bonchev–Trinajstić information content (AvgIpc) is 2.16. The second-order valence-corrected chi connectivity index (χ2v) is 6.16. The summed E-state index contributed by atoms with van der Waals surface area (Å²) in [5.41, 5.74) is 0. The lowest BCUT2D eigenvalue weighted by Crippen LogP contribution is -2.50. The molecule has 2 bridgehead atoms. The molecule has 0 N–H and O–H groups in total. The summed E-state index contributed by atoms with van der Waals surface area (Å²) in [6, 6.07) is 0. The summed E-state index contributed by atoms with van der Waals surface area (Å²) in [7, 11) is 0. The summed E-state index contributed by atoms with van der Waals surface area (Å²) in [5, 5.41) is 3.15. The van der Waals surface area contributed by atoms with E-state index in [0.29, 0.717) is 10.5 Å². The molecular weight excluding hydrogens is 180 g/mol. The average molecular weight is 190 g/mol. The van der Waals surface area contributed by atoms with Crippen LogP contribution in [0.25, 0.3) is 0 Å². The van der Waals surface area contributed by atoms with Crippen LogP contribution in [-0.2, 0) is 0 Å². The normalized spacial score (nSPS) is 70.2. The molecule has 4 unspecified atom stereocenters. The second-order valence-electron chi connectivity index (χ2n) is 3.61. The summed E-state index contributed by atoms with van der Waals surface area (Å²) < 4.78 is 0. The molecule has 3 aliphatic rings. The van der Waals surface area contributed by atoms with Gasteiger partial charge >= 0.3 is 0 Å². The highest BCUT2D eigenvalue weighted by Crippen LogP contribution is 2.66. The Labute approximate surface area is 76.3 Å². The molecule has 0 aromatic heterocycles. The van der Waals surface area contributed by atoms with Crippen LogP contribution in [0.4, 0.5) is 0 Å². The molecule has 1 heterocycles. The molecule has 0 nitrogen and oxygen atoms in total. The predicted octanol–water partition coefficient (Wildman–Crippen LogP) is 1.72. The van der Waals surface area contributed by atoms with Crippen molar-refractivity contribution in [3.8, 4) is 0 Å². The second kappa shape index (κ2) is 1.86. The van der Waals surface area contributed by atoms with Gasteiger partial charge in [-0.05, 0) is 18.3 Å². The van der Waals surface area contributed by atoms with Crippen molar-refractivity contribution in [3.05, 3.63) is 0 Å². The minimum atomic E-state index is 0.669. The first-order chi connectivity index (χ1) is 4.79. The van der Waals surface area contributed by atoms with E-state index in [9.17, 15) is 0 Å². The molecule has 1 aliphatic heterocycles. The predicted molar refractivity (Wildman–Crippen MR) is 52.3 cm³/mol. The van der Waals surface area contributed by atoms with E-state index in [1.807, 2.05) is 0 Å². The lowest BCUT2D eigenvalue weighted by atomic mass is 9.97. The Hall–Kier alpha value is 1.05. The molecule has 0 spiro atoms. The zero-order valence-electron chi connectivity index (χ0n) is 5.47. The quantitative estimate of drug-likeness (QED) is 0.548. The van der Waals surface area contributed by atoms with E-state index in [1.165, 1.54) is 6.42 Å². The molecule has 3 rings (SSSR count). The maximum absolute atomic E-state index is 4.62. The molecule has 1 saturated heterocycles. The number of fused-ring (bicyclic) bond motifs is 1. The van der Waals surface area contributed by atoms with E-state index in [4.69, 9.17) is 0 Å². The van der Waals surface area contributed by atoms with Gasteiger partial charge in [0, 0.05) is 21.0 Å². The van der Waals surface area contributed by atoms with Gasteiger partial charge in [-0.15, -0.1) is 0 Å². The van der Waals surface area contributed by atoms with Crippen LogP contribution in [0.15, 0.2) is 0 Å². The molecule has 3 heteroatoms. The largest absolute Gasteiger partial charge is 0.174 e. The number of hydrogen-bond acceptors (Lipinski definition) is 3. The van der Waals surface area contributed by atoms with E-state index in [2.05, 4.69) is 37.0 Å². The van der Waals surface area contributed by atoms with Crippen molar-refractivity contribution in [2.75, 3.05) is 0 Å². The smallest absolute Gasteiger partial charge is 0.0209 e. The van der Waals surface area contributed by atoms with Crippen LogP contribution in [0.3, 0.4) is 0 Å². The van der Waals surface area contributed by atoms with E-state index in [0.717, 1.165) is 22.3 Å². The summed E-state index contributed by atoms with van der Waals surface area (Å²) in [4.78, 5) is 0.